The predicted molar refractivity (Wildman–Crippen MR) is 75.8 cm³/mol. The molecule has 0 aliphatic heterocycles. The first-order valence-electron chi connectivity index (χ1n) is 5.92. The molecule has 0 amide bonds. The van der Waals surface area contributed by atoms with E-state index in [-0.39, 0.29) is 12.5 Å². The van der Waals surface area contributed by atoms with Crippen molar-refractivity contribution in [3.05, 3.63) is 34.6 Å². The first-order chi connectivity index (χ1) is 9.58. The highest BCUT2D eigenvalue weighted by atomic mass is 79.9. The molecule has 0 fully saturated rings. The van der Waals surface area contributed by atoms with Crippen LogP contribution >= 0.6 is 15.9 Å². The molecule has 0 bridgehead atoms. The normalized spacial score (nSPS) is 10.8. The van der Waals surface area contributed by atoms with Crippen LogP contribution in [0.2, 0.25) is 0 Å². The van der Waals surface area contributed by atoms with Crippen LogP contribution in [0, 0.1) is 0 Å². The van der Waals surface area contributed by atoms with Gasteiger partial charge in [0.25, 0.3) is 0 Å². The van der Waals surface area contributed by atoms with Crippen molar-refractivity contribution in [3.8, 4) is 11.5 Å². The van der Waals surface area contributed by atoms with Crippen LogP contribution in [0.1, 0.15) is 5.89 Å². The Morgan fingerprint density at radius 3 is 2.70 bits per heavy atom. The third-order valence-corrected chi connectivity index (χ3v) is 3.12. The van der Waals surface area contributed by atoms with E-state index in [1.165, 1.54) is 7.11 Å². The van der Waals surface area contributed by atoms with Gasteiger partial charge >= 0.3 is 5.97 Å². The van der Waals surface area contributed by atoms with E-state index in [4.69, 9.17) is 4.42 Å². The Labute approximate surface area is 124 Å². The van der Waals surface area contributed by atoms with Crippen LogP contribution in [0.3, 0.4) is 0 Å². The maximum absolute atomic E-state index is 11.1. The zero-order valence-corrected chi connectivity index (χ0v) is 12.8. The van der Waals surface area contributed by atoms with Gasteiger partial charge in [-0.05, 0) is 31.3 Å². The van der Waals surface area contributed by atoms with Crippen LogP contribution in [0.4, 0.5) is 0 Å². The number of carbonyl (C=O) groups excluding carboxylic acids is 1. The molecule has 0 aliphatic rings. The van der Waals surface area contributed by atoms with Crippen molar-refractivity contribution in [2.24, 2.45) is 0 Å². The lowest BCUT2D eigenvalue weighted by atomic mass is 10.2. The van der Waals surface area contributed by atoms with Gasteiger partial charge in [-0.2, -0.15) is 0 Å². The zero-order chi connectivity index (χ0) is 14.5. The topological polar surface area (TPSA) is 68.5 Å². The van der Waals surface area contributed by atoms with Gasteiger partial charge in [-0.25, -0.2) is 0 Å². The molecule has 0 radical (unpaired) electrons. The van der Waals surface area contributed by atoms with Gasteiger partial charge in [-0.3, -0.25) is 9.69 Å². The SMILES string of the molecule is COC(=O)CN(C)Cc1nnc(-c2ccc(Br)cc2)o1. The van der Waals surface area contributed by atoms with Crippen molar-refractivity contribution in [1.82, 2.24) is 15.1 Å². The largest absolute Gasteiger partial charge is 0.468 e. The van der Waals surface area contributed by atoms with Crippen molar-refractivity contribution in [3.63, 3.8) is 0 Å². The Morgan fingerprint density at radius 1 is 1.35 bits per heavy atom. The smallest absolute Gasteiger partial charge is 0.319 e. The van der Waals surface area contributed by atoms with Crippen molar-refractivity contribution in [2.75, 3.05) is 20.7 Å². The van der Waals surface area contributed by atoms with E-state index in [0.29, 0.717) is 18.3 Å². The number of hydrogen-bond acceptors (Lipinski definition) is 6. The van der Waals surface area contributed by atoms with E-state index in [0.717, 1.165) is 10.0 Å². The van der Waals surface area contributed by atoms with Crippen LogP contribution in [-0.2, 0) is 16.1 Å². The van der Waals surface area contributed by atoms with Crippen molar-refractivity contribution in [2.45, 2.75) is 6.54 Å². The minimum atomic E-state index is -0.305. The predicted octanol–water partition coefficient (Wildman–Crippen LogP) is 2.10. The number of methoxy groups -OCH3 is 1. The van der Waals surface area contributed by atoms with E-state index in [1.54, 1.807) is 11.9 Å². The minimum Gasteiger partial charge on any atom is -0.468 e. The Bertz CT molecular complexity index is 583. The second-order valence-electron chi connectivity index (χ2n) is 4.26. The summed E-state index contributed by atoms with van der Waals surface area (Å²) in [4.78, 5) is 12.9. The van der Waals surface area contributed by atoms with Gasteiger partial charge in [0.2, 0.25) is 11.8 Å². The number of hydrogen-bond donors (Lipinski definition) is 0. The van der Waals surface area contributed by atoms with Gasteiger partial charge in [0.05, 0.1) is 20.2 Å². The summed E-state index contributed by atoms with van der Waals surface area (Å²) in [7, 11) is 3.13. The number of carbonyl (C=O) groups is 1. The van der Waals surface area contributed by atoms with Crippen LogP contribution < -0.4 is 0 Å². The molecule has 6 nitrogen and oxygen atoms in total. The van der Waals surface area contributed by atoms with Crippen molar-refractivity contribution in [1.29, 1.82) is 0 Å². The Hall–Kier alpha value is -1.73. The summed E-state index contributed by atoms with van der Waals surface area (Å²) in [5, 5.41) is 7.96. The standard InChI is InChI=1S/C13H14BrN3O3/c1-17(8-12(18)19-2)7-11-15-16-13(20-11)9-3-5-10(14)6-4-9/h3-6H,7-8H2,1-2H3. The monoisotopic (exact) mass is 339 g/mol. The van der Waals surface area contributed by atoms with Crippen LogP contribution in [0.15, 0.2) is 33.2 Å². The van der Waals surface area contributed by atoms with Crippen LogP contribution in [0.25, 0.3) is 11.5 Å². The highest BCUT2D eigenvalue weighted by Crippen LogP contribution is 2.20. The van der Waals surface area contributed by atoms with Gasteiger partial charge in [0.1, 0.15) is 0 Å². The third kappa shape index (κ3) is 3.88. The first kappa shape index (κ1) is 14.7. The number of rotatable bonds is 5. The molecular weight excluding hydrogens is 326 g/mol. The molecular formula is C13H14BrN3O3. The molecule has 2 aromatic rings. The summed E-state index contributed by atoms with van der Waals surface area (Å²) < 4.78 is 11.1. The van der Waals surface area contributed by atoms with Gasteiger partial charge < -0.3 is 9.15 Å². The molecule has 0 aliphatic carbocycles. The quantitative estimate of drug-likeness (QED) is 0.777. The number of benzene rings is 1. The fourth-order valence-corrected chi connectivity index (χ4v) is 1.86. The van der Waals surface area contributed by atoms with Gasteiger partial charge in [-0.1, -0.05) is 15.9 Å². The van der Waals surface area contributed by atoms with E-state index in [9.17, 15) is 4.79 Å². The van der Waals surface area contributed by atoms with Gasteiger partial charge in [0.15, 0.2) is 0 Å². The molecule has 0 saturated heterocycles. The molecule has 1 aromatic carbocycles. The zero-order valence-electron chi connectivity index (χ0n) is 11.2. The fraction of sp³-hybridized carbons (Fsp3) is 0.308. The summed E-state index contributed by atoms with van der Waals surface area (Å²) in [6, 6.07) is 7.59. The molecule has 2 rings (SSSR count). The molecule has 1 heterocycles. The average molecular weight is 340 g/mol. The number of aromatic nitrogens is 2. The lowest BCUT2D eigenvalue weighted by Crippen LogP contribution is -2.26. The second-order valence-corrected chi connectivity index (χ2v) is 5.17. The summed E-state index contributed by atoms with van der Waals surface area (Å²) in [6.45, 7) is 0.561. The number of esters is 1. The fourth-order valence-electron chi connectivity index (χ4n) is 1.60. The van der Waals surface area contributed by atoms with Crippen molar-refractivity contribution < 1.29 is 13.9 Å². The highest BCUT2D eigenvalue weighted by Gasteiger charge is 2.12. The minimum absolute atomic E-state index is 0.173. The second kappa shape index (κ2) is 6.62. The summed E-state index contributed by atoms with van der Waals surface area (Å²) in [5.41, 5.74) is 0.850. The van der Waals surface area contributed by atoms with Crippen LogP contribution in [-0.4, -0.2) is 41.8 Å². The van der Waals surface area contributed by atoms with E-state index >= 15 is 0 Å². The lowest BCUT2D eigenvalue weighted by Gasteiger charge is -2.11. The van der Waals surface area contributed by atoms with Crippen molar-refractivity contribution >= 4 is 21.9 Å². The maximum atomic E-state index is 11.1. The van der Waals surface area contributed by atoms with E-state index < -0.39 is 0 Å². The average Bonchev–Trinajstić information content (AvgIpc) is 2.87. The van der Waals surface area contributed by atoms with Crippen LogP contribution in [0.5, 0.6) is 0 Å². The maximum Gasteiger partial charge on any atom is 0.319 e. The number of nitrogens with zero attached hydrogens (tertiary/aromatic N) is 3. The van der Waals surface area contributed by atoms with E-state index in [2.05, 4.69) is 30.9 Å². The number of ether oxygens (including phenoxy) is 1. The molecule has 0 atom stereocenters. The molecule has 1 aromatic heterocycles. The lowest BCUT2D eigenvalue weighted by molar-refractivity contribution is -0.141. The molecule has 0 N–H and O–H groups in total. The number of halogens is 1. The Morgan fingerprint density at radius 2 is 2.05 bits per heavy atom. The highest BCUT2D eigenvalue weighted by molar-refractivity contribution is 9.10. The Balaban J connectivity index is 2.02. The van der Waals surface area contributed by atoms with Gasteiger partial charge in [-0.15, -0.1) is 10.2 Å². The summed E-state index contributed by atoms with van der Waals surface area (Å²) >= 11 is 3.37. The summed E-state index contributed by atoms with van der Waals surface area (Å²) in [6.07, 6.45) is 0. The summed E-state index contributed by atoms with van der Waals surface area (Å²) in [5.74, 6) is 0.605. The Kier molecular flexibility index (Phi) is 4.86. The van der Waals surface area contributed by atoms with E-state index in [1.807, 2.05) is 24.3 Å². The van der Waals surface area contributed by atoms with Gasteiger partial charge in [0, 0.05) is 10.0 Å². The first-order valence-corrected chi connectivity index (χ1v) is 6.71. The third-order valence-electron chi connectivity index (χ3n) is 2.59. The molecule has 106 valence electrons. The molecule has 0 spiro atoms. The number of likely N-dealkylation sites (N-methyl/N-ethyl adjacent to an activating group) is 1. The molecule has 7 heteroatoms. The molecule has 0 saturated carbocycles. The molecule has 20 heavy (non-hydrogen) atoms. The molecule has 0 unspecified atom stereocenters.